The Balaban J connectivity index is 1.40. The molecule has 1 fully saturated rings. The molecule has 0 spiro atoms. The Hall–Kier alpha value is -4.08. The van der Waals surface area contributed by atoms with E-state index in [-0.39, 0.29) is 40.3 Å². The molecule has 0 bridgehead atoms. The maximum atomic E-state index is 14.2. The highest BCUT2D eigenvalue weighted by molar-refractivity contribution is 7.93. The Morgan fingerprint density at radius 1 is 1.11 bits per heavy atom. The average Bonchev–Trinajstić information content (AvgIpc) is 3.55. The number of rotatable bonds is 11. The van der Waals surface area contributed by atoms with Gasteiger partial charge in [-0.2, -0.15) is 4.98 Å². The second-order valence-electron chi connectivity index (χ2n) is 10.7. The van der Waals surface area contributed by atoms with Crippen molar-refractivity contribution in [3.8, 4) is 0 Å². The van der Waals surface area contributed by atoms with Gasteiger partial charge in [0.25, 0.3) is 5.56 Å². The topological polar surface area (TPSA) is 135 Å². The molecule has 4 heterocycles. The van der Waals surface area contributed by atoms with Gasteiger partial charge in [-0.3, -0.25) is 9.36 Å². The zero-order valence-electron chi connectivity index (χ0n) is 25.3. The summed E-state index contributed by atoms with van der Waals surface area (Å²) in [5, 5.41) is 7.74. The first-order valence-electron chi connectivity index (χ1n) is 14.6. The lowest BCUT2D eigenvalue weighted by Crippen LogP contribution is -2.43. The van der Waals surface area contributed by atoms with Crippen LogP contribution >= 0.6 is 22.9 Å². The van der Waals surface area contributed by atoms with Gasteiger partial charge in [0.15, 0.2) is 9.84 Å². The van der Waals surface area contributed by atoms with Crippen molar-refractivity contribution in [3.05, 3.63) is 87.4 Å². The van der Waals surface area contributed by atoms with Crippen LogP contribution in [0.5, 0.6) is 0 Å². The van der Waals surface area contributed by atoms with E-state index >= 15 is 0 Å². The lowest BCUT2D eigenvalue weighted by Gasteiger charge is -2.30. The zero-order valence-corrected chi connectivity index (χ0v) is 27.7. The highest BCUT2D eigenvalue weighted by Crippen LogP contribution is 2.31. The molecule has 3 aromatic heterocycles. The van der Waals surface area contributed by atoms with Gasteiger partial charge in [-0.25, -0.2) is 18.4 Å². The number of ether oxygens (including phenoxy) is 1. The smallest absolute Gasteiger partial charge is 0.276 e. The Labute approximate surface area is 275 Å². The minimum absolute atomic E-state index is 0.0440. The van der Waals surface area contributed by atoms with E-state index in [1.165, 1.54) is 17.2 Å². The lowest BCUT2D eigenvalue weighted by molar-refractivity contribution is 0.217. The summed E-state index contributed by atoms with van der Waals surface area (Å²) in [5.74, 6) is 0.0548. The van der Waals surface area contributed by atoms with Crippen LogP contribution in [0.4, 0.5) is 28.7 Å². The van der Waals surface area contributed by atoms with Gasteiger partial charge in [0.2, 0.25) is 5.95 Å². The number of sulfone groups is 1. The summed E-state index contributed by atoms with van der Waals surface area (Å²) in [7, 11) is -0.440. The number of anilines is 5. The highest BCUT2D eigenvalue weighted by Gasteiger charge is 2.24. The quantitative estimate of drug-likeness (QED) is 0.207. The highest BCUT2D eigenvalue weighted by atomic mass is 35.5. The van der Waals surface area contributed by atoms with Gasteiger partial charge in [0, 0.05) is 63.3 Å². The third-order valence-corrected chi connectivity index (χ3v) is 11.2. The summed E-state index contributed by atoms with van der Waals surface area (Å²) < 4.78 is 32.8. The van der Waals surface area contributed by atoms with E-state index in [2.05, 4.69) is 25.5 Å². The van der Waals surface area contributed by atoms with E-state index in [0.717, 1.165) is 48.9 Å². The molecule has 0 amide bonds. The summed E-state index contributed by atoms with van der Waals surface area (Å²) in [5.41, 5.74) is 4.51. The number of nitrogens with zero attached hydrogens (tertiary/aromatic N) is 6. The zero-order chi connectivity index (χ0) is 32.3. The van der Waals surface area contributed by atoms with Crippen LogP contribution in [0.25, 0.3) is 11.0 Å². The Bertz CT molecular complexity index is 2010. The molecule has 6 rings (SSSR count). The number of halogens is 1. The molecule has 2 N–H and O–H groups in total. The number of nitrogens with one attached hydrogen (secondary N) is 2. The van der Waals surface area contributed by atoms with Crippen molar-refractivity contribution in [1.29, 1.82) is 0 Å². The molecule has 0 unspecified atom stereocenters. The van der Waals surface area contributed by atoms with Crippen molar-refractivity contribution >= 4 is 72.5 Å². The number of thiazole rings is 1. The van der Waals surface area contributed by atoms with Gasteiger partial charge in [-0.15, -0.1) is 11.3 Å². The molecule has 0 atom stereocenters. The van der Waals surface area contributed by atoms with E-state index in [9.17, 15) is 13.2 Å². The summed E-state index contributed by atoms with van der Waals surface area (Å²) in [4.78, 5) is 31.8. The van der Waals surface area contributed by atoms with Gasteiger partial charge in [-0.05, 0) is 36.4 Å². The Morgan fingerprint density at radius 2 is 1.89 bits per heavy atom. The van der Waals surface area contributed by atoms with Gasteiger partial charge >= 0.3 is 0 Å². The SMILES string of the molecule is COCCS(=O)(=O)c1scnc1Cn1c(=O)c(N(C)c2ccccc2)cc2cnc(Nc3ccc(N4CCNCC4)c(Cl)c3)nc21. The fraction of sp³-hybridized carbons (Fsp3) is 0.290. The molecule has 2 aromatic carbocycles. The summed E-state index contributed by atoms with van der Waals surface area (Å²) in [6, 6.07) is 16.9. The van der Waals surface area contributed by atoms with Crippen molar-refractivity contribution in [2.24, 2.45) is 0 Å². The van der Waals surface area contributed by atoms with E-state index in [0.29, 0.717) is 27.4 Å². The van der Waals surface area contributed by atoms with Crippen molar-refractivity contribution in [2.45, 2.75) is 10.8 Å². The number of piperazine rings is 1. The van der Waals surface area contributed by atoms with E-state index in [4.69, 9.17) is 21.3 Å². The minimum Gasteiger partial charge on any atom is -0.384 e. The minimum atomic E-state index is -3.69. The van der Waals surface area contributed by atoms with Crippen LogP contribution in [0.2, 0.25) is 5.02 Å². The second-order valence-corrected chi connectivity index (χ2v) is 14.3. The van der Waals surface area contributed by atoms with Gasteiger partial charge in [0.05, 0.1) is 40.8 Å². The van der Waals surface area contributed by atoms with Crippen LogP contribution in [0, 0.1) is 0 Å². The molecule has 240 valence electrons. The number of hydrogen-bond donors (Lipinski definition) is 2. The number of methoxy groups -OCH3 is 1. The summed E-state index contributed by atoms with van der Waals surface area (Å²) in [6.07, 6.45) is 1.64. The molecule has 0 radical (unpaired) electrons. The van der Waals surface area contributed by atoms with E-state index < -0.39 is 9.84 Å². The fourth-order valence-electron chi connectivity index (χ4n) is 5.31. The second kappa shape index (κ2) is 13.7. The molecule has 46 heavy (non-hydrogen) atoms. The summed E-state index contributed by atoms with van der Waals surface area (Å²) >= 11 is 7.69. The molecule has 1 saturated heterocycles. The molecule has 1 aliphatic heterocycles. The third-order valence-electron chi connectivity index (χ3n) is 7.72. The first-order valence-corrected chi connectivity index (χ1v) is 17.5. The molecular formula is C31H33ClN8O4S2. The number of aromatic nitrogens is 4. The normalized spacial score (nSPS) is 13.7. The maximum Gasteiger partial charge on any atom is 0.276 e. The van der Waals surface area contributed by atoms with E-state index in [1.807, 2.05) is 48.5 Å². The van der Waals surface area contributed by atoms with Crippen molar-refractivity contribution in [3.63, 3.8) is 0 Å². The number of hydrogen-bond acceptors (Lipinski definition) is 12. The van der Waals surface area contributed by atoms with Crippen molar-refractivity contribution < 1.29 is 13.2 Å². The third kappa shape index (κ3) is 6.71. The molecule has 1 aliphatic rings. The Morgan fingerprint density at radius 3 is 2.63 bits per heavy atom. The summed E-state index contributed by atoms with van der Waals surface area (Å²) in [6.45, 7) is 3.46. The largest absolute Gasteiger partial charge is 0.384 e. The molecular weight excluding hydrogens is 648 g/mol. The van der Waals surface area contributed by atoms with Crippen LogP contribution in [0.1, 0.15) is 5.69 Å². The predicted molar refractivity (Wildman–Crippen MR) is 183 cm³/mol. The molecule has 0 saturated carbocycles. The van der Waals surface area contributed by atoms with Crippen molar-refractivity contribution in [2.75, 3.05) is 67.8 Å². The van der Waals surface area contributed by atoms with Crippen LogP contribution in [0.15, 0.2) is 75.3 Å². The standard InChI is InChI=1S/C31H33ClN8O4S2/c1-38(23-6-4-3-5-7-23)27-16-21-18-34-31(36-22-8-9-26(24(32)17-22)39-12-10-33-11-13-39)37-28(21)40(29(27)41)19-25-30(45-20-35-25)46(42,43)15-14-44-2/h3-9,16-18,20,33H,10-15,19H2,1-2H3,(H,34,36,37). The van der Waals surface area contributed by atoms with Gasteiger partial charge < -0.3 is 25.2 Å². The van der Waals surface area contributed by atoms with E-state index in [1.54, 1.807) is 24.2 Å². The van der Waals surface area contributed by atoms with Crippen LogP contribution in [-0.4, -0.2) is 80.6 Å². The number of benzene rings is 2. The van der Waals surface area contributed by atoms with Crippen LogP contribution in [-0.2, 0) is 21.1 Å². The van der Waals surface area contributed by atoms with Crippen LogP contribution in [0.3, 0.4) is 0 Å². The molecule has 12 nitrogen and oxygen atoms in total. The monoisotopic (exact) mass is 680 g/mol. The lowest BCUT2D eigenvalue weighted by atomic mass is 10.2. The number of pyridine rings is 1. The first-order chi connectivity index (χ1) is 22.2. The number of fused-ring (bicyclic) bond motifs is 1. The maximum absolute atomic E-state index is 14.2. The average molecular weight is 681 g/mol. The van der Waals surface area contributed by atoms with Crippen LogP contribution < -0.4 is 26.0 Å². The molecule has 15 heteroatoms. The van der Waals surface area contributed by atoms with Gasteiger partial charge in [0.1, 0.15) is 15.5 Å². The number of para-hydroxylation sites is 1. The Kier molecular flexibility index (Phi) is 9.52. The molecule has 0 aliphatic carbocycles. The van der Waals surface area contributed by atoms with Crippen molar-refractivity contribution in [1.82, 2.24) is 24.8 Å². The fourth-order valence-corrected chi connectivity index (χ4v) is 8.15. The predicted octanol–water partition coefficient (Wildman–Crippen LogP) is 4.29. The first kappa shape index (κ1) is 31.9. The van der Waals surface area contributed by atoms with Gasteiger partial charge in [-0.1, -0.05) is 29.8 Å². The molecule has 5 aromatic rings.